The van der Waals surface area contributed by atoms with Crippen LogP contribution in [0.1, 0.15) is 0 Å². The standard InChI is InChI=1S/C19H11Cl5N2O/c20-11-1-5-14(6-2-11)26(18-8-3-12(21)9-17(18)24)19(27)25-13-4-7-15(22)16(23)10-13/h1-10H,(H,25,27). The van der Waals surface area contributed by atoms with E-state index in [1.165, 1.54) is 4.90 Å². The number of halogens is 5. The average molecular weight is 461 g/mol. The summed E-state index contributed by atoms with van der Waals surface area (Å²) in [5, 5.41) is 4.84. The van der Waals surface area contributed by atoms with Gasteiger partial charge in [0.1, 0.15) is 0 Å². The van der Waals surface area contributed by atoms with Crippen LogP contribution in [0.5, 0.6) is 0 Å². The second-order valence-corrected chi connectivity index (χ2v) is 7.56. The minimum Gasteiger partial charge on any atom is -0.307 e. The Kier molecular flexibility index (Phi) is 6.40. The van der Waals surface area contributed by atoms with Gasteiger partial charge in [-0.1, -0.05) is 58.0 Å². The van der Waals surface area contributed by atoms with E-state index in [0.717, 1.165) is 0 Å². The summed E-state index contributed by atoms with van der Waals surface area (Å²) in [5.74, 6) is 0. The van der Waals surface area contributed by atoms with Gasteiger partial charge in [0.2, 0.25) is 0 Å². The molecule has 3 aromatic rings. The summed E-state index contributed by atoms with van der Waals surface area (Å²) < 4.78 is 0. The van der Waals surface area contributed by atoms with E-state index in [-0.39, 0.29) is 0 Å². The molecule has 0 saturated carbocycles. The fourth-order valence-corrected chi connectivity index (χ4v) is 3.29. The first-order valence-electron chi connectivity index (χ1n) is 7.62. The molecule has 0 aliphatic carbocycles. The van der Waals surface area contributed by atoms with Crippen molar-refractivity contribution in [2.24, 2.45) is 0 Å². The van der Waals surface area contributed by atoms with Crippen LogP contribution in [-0.4, -0.2) is 6.03 Å². The first-order valence-corrected chi connectivity index (χ1v) is 9.51. The molecule has 0 radical (unpaired) electrons. The van der Waals surface area contributed by atoms with E-state index in [0.29, 0.717) is 42.2 Å². The van der Waals surface area contributed by atoms with Crippen molar-refractivity contribution in [1.29, 1.82) is 0 Å². The van der Waals surface area contributed by atoms with Gasteiger partial charge in [-0.25, -0.2) is 4.79 Å². The number of anilines is 3. The number of urea groups is 1. The van der Waals surface area contributed by atoms with Gasteiger partial charge in [0.05, 0.1) is 26.4 Å². The molecule has 2 amide bonds. The number of carbonyl (C=O) groups excluding carboxylic acids is 1. The van der Waals surface area contributed by atoms with Crippen LogP contribution in [0.4, 0.5) is 21.9 Å². The molecule has 8 heteroatoms. The molecule has 0 unspecified atom stereocenters. The molecular weight excluding hydrogens is 449 g/mol. The van der Waals surface area contributed by atoms with Crippen molar-refractivity contribution in [3.63, 3.8) is 0 Å². The van der Waals surface area contributed by atoms with Gasteiger partial charge < -0.3 is 5.32 Å². The van der Waals surface area contributed by atoms with Gasteiger partial charge in [-0.2, -0.15) is 0 Å². The molecule has 0 aromatic heterocycles. The van der Waals surface area contributed by atoms with Crippen molar-refractivity contribution in [2.45, 2.75) is 0 Å². The molecular formula is C19H11Cl5N2O. The maximum absolute atomic E-state index is 13.0. The molecule has 3 rings (SSSR count). The lowest BCUT2D eigenvalue weighted by Crippen LogP contribution is -2.31. The van der Waals surface area contributed by atoms with Crippen molar-refractivity contribution in [3.8, 4) is 0 Å². The minimum atomic E-state index is -0.445. The van der Waals surface area contributed by atoms with Crippen LogP contribution in [0.2, 0.25) is 25.1 Å². The number of carbonyl (C=O) groups is 1. The second kappa shape index (κ2) is 8.59. The Balaban J connectivity index is 2.01. The third-order valence-electron chi connectivity index (χ3n) is 3.61. The zero-order valence-electron chi connectivity index (χ0n) is 13.5. The molecule has 0 bridgehead atoms. The topological polar surface area (TPSA) is 32.3 Å². The van der Waals surface area contributed by atoms with Crippen LogP contribution in [0, 0.1) is 0 Å². The summed E-state index contributed by atoms with van der Waals surface area (Å²) in [5.41, 5.74) is 1.51. The lowest BCUT2D eigenvalue weighted by molar-refractivity contribution is 0.259. The molecule has 27 heavy (non-hydrogen) atoms. The van der Waals surface area contributed by atoms with Gasteiger partial charge in [-0.15, -0.1) is 0 Å². The summed E-state index contributed by atoms with van der Waals surface area (Å²) in [6, 6.07) is 16.0. The number of amides is 2. The normalized spacial score (nSPS) is 10.6. The molecule has 1 N–H and O–H groups in total. The van der Waals surface area contributed by atoms with Gasteiger partial charge in [-0.3, -0.25) is 4.90 Å². The predicted molar refractivity (Wildman–Crippen MR) is 116 cm³/mol. The number of hydrogen-bond donors (Lipinski definition) is 1. The van der Waals surface area contributed by atoms with Gasteiger partial charge in [0.15, 0.2) is 0 Å². The summed E-state index contributed by atoms with van der Waals surface area (Å²) in [6.45, 7) is 0. The highest BCUT2D eigenvalue weighted by atomic mass is 35.5. The Hall–Kier alpha value is -1.62. The van der Waals surface area contributed by atoms with Crippen LogP contribution in [0.15, 0.2) is 60.7 Å². The Labute approximate surface area is 181 Å². The summed E-state index contributed by atoms with van der Waals surface area (Å²) in [4.78, 5) is 14.5. The predicted octanol–water partition coefficient (Wildman–Crippen LogP) is 8.32. The van der Waals surface area contributed by atoms with Crippen molar-refractivity contribution >= 4 is 81.1 Å². The highest BCUT2D eigenvalue weighted by Crippen LogP contribution is 2.35. The zero-order chi connectivity index (χ0) is 19.6. The largest absolute Gasteiger partial charge is 0.330 e. The first kappa shape index (κ1) is 20.1. The first-order chi connectivity index (χ1) is 12.8. The Bertz CT molecular complexity index is 992. The van der Waals surface area contributed by atoms with E-state index in [2.05, 4.69) is 5.32 Å². The van der Waals surface area contributed by atoms with E-state index in [1.807, 2.05) is 0 Å². The quantitative estimate of drug-likeness (QED) is 0.419. The zero-order valence-corrected chi connectivity index (χ0v) is 17.3. The van der Waals surface area contributed by atoms with Crippen LogP contribution >= 0.6 is 58.0 Å². The Morgan fingerprint density at radius 1 is 0.704 bits per heavy atom. The third-order valence-corrected chi connectivity index (χ3v) is 5.14. The molecule has 0 spiro atoms. The number of rotatable bonds is 3. The third kappa shape index (κ3) is 4.81. The number of benzene rings is 3. The summed E-state index contributed by atoms with van der Waals surface area (Å²) >= 11 is 30.2. The van der Waals surface area contributed by atoms with Crippen LogP contribution in [-0.2, 0) is 0 Å². The SMILES string of the molecule is O=C(Nc1ccc(Cl)c(Cl)c1)N(c1ccc(Cl)cc1)c1ccc(Cl)cc1Cl. The number of nitrogens with one attached hydrogen (secondary N) is 1. The lowest BCUT2D eigenvalue weighted by Gasteiger charge is -2.24. The Morgan fingerprint density at radius 2 is 1.37 bits per heavy atom. The van der Waals surface area contributed by atoms with E-state index in [9.17, 15) is 4.79 Å². The van der Waals surface area contributed by atoms with Gasteiger partial charge in [0.25, 0.3) is 0 Å². The van der Waals surface area contributed by atoms with Gasteiger partial charge in [0, 0.05) is 15.7 Å². The molecule has 0 aliphatic heterocycles. The van der Waals surface area contributed by atoms with E-state index >= 15 is 0 Å². The van der Waals surface area contributed by atoms with Crippen LogP contribution in [0.3, 0.4) is 0 Å². The maximum Gasteiger partial charge on any atom is 0.330 e. The molecule has 3 aromatic carbocycles. The van der Waals surface area contributed by atoms with E-state index in [1.54, 1.807) is 60.7 Å². The average Bonchev–Trinajstić information content (AvgIpc) is 2.62. The molecule has 0 heterocycles. The fraction of sp³-hybridized carbons (Fsp3) is 0. The second-order valence-electron chi connectivity index (χ2n) is 5.47. The maximum atomic E-state index is 13.0. The van der Waals surface area contributed by atoms with Gasteiger partial charge in [-0.05, 0) is 60.7 Å². The van der Waals surface area contributed by atoms with Crippen LogP contribution < -0.4 is 10.2 Å². The molecule has 138 valence electrons. The molecule has 0 saturated heterocycles. The van der Waals surface area contributed by atoms with Gasteiger partial charge >= 0.3 is 6.03 Å². The van der Waals surface area contributed by atoms with Crippen molar-refractivity contribution < 1.29 is 4.79 Å². The molecule has 0 aliphatic rings. The minimum absolute atomic E-state index is 0.321. The van der Waals surface area contributed by atoms with E-state index in [4.69, 9.17) is 58.0 Å². The van der Waals surface area contributed by atoms with Crippen molar-refractivity contribution in [1.82, 2.24) is 0 Å². The lowest BCUT2D eigenvalue weighted by atomic mass is 10.2. The smallest absolute Gasteiger partial charge is 0.307 e. The molecule has 0 atom stereocenters. The van der Waals surface area contributed by atoms with Crippen molar-refractivity contribution in [3.05, 3.63) is 85.8 Å². The van der Waals surface area contributed by atoms with Crippen LogP contribution in [0.25, 0.3) is 0 Å². The Morgan fingerprint density at radius 3 is 2.00 bits per heavy atom. The van der Waals surface area contributed by atoms with E-state index < -0.39 is 6.03 Å². The monoisotopic (exact) mass is 458 g/mol. The highest BCUT2D eigenvalue weighted by molar-refractivity contribution is 6.42. The highest BCUT2D eigenvalue weighted by Gasteiger charge is 2.21. The number of hydrogen-bond acceptors (Lipinski definition) is 1. The summed E-state index contributed by atoms with van der Waals surface area (Å²) in [7, 11) is 0. The van der Waals surface area contributed by atoms with Crippen molar-refractivity contribution in [2.75, 3.05) is 10.2 Å². The molecule has 0 fully saturated rings. The fourth-order valence-electron chi connectivity index (χ4n) is 2.37. The number of nitrogens with zero attached hydrogens (tertiary/aromatic N) is 1. The molecule has 3 nitrogen and oxygen atoms in total. The summed E-state index contributed by atoms with van der Waals surface area (Å²) in [6.07, 6.45) is 0.